The molecule has 0 heterocycles. The van der Waals surface area contributed by atoms with Gasteiger partial charge in [-0.3, -0.25) is 37.3 Å². The van der Waals surface area contributed by atoms with Crippen molar-refractivity contribution in [3.05, 3.63) is 158 Å². The van der Waals surface area contributed by atoms with E-state index in [1.54, 1.807) is 0 Å². The third kappa shape index (κ3) is 76.9. The molecule has 17 nitrogen and oxygen atoms in total. The van der Waals surface area contributed by atoms with Crippen LogP contribution in [0.1, 0.15) is 310 Å². The molecule has 2 unspecified atom stereocenters. The van der Waals surface area contributed by atoms with Gasteiger partial charge >= 0.3 is 39.5 Å². The first-order valence-corrected chi connectivity index (χ1v) is 43.7. The van der Waals surface area contributed by atoms with Crippen LogP contribution < -0.4 is 0 Å². The maximum atomic E-state index is 13.1. The highest BCUT2D eigenvalue weighted by Crippen LogP contribution is 2.45. The van der Waals surface area contributed by atoms with Crippen LogP contribution in [0.2, 0.25) is 0 Å². The van der Waals surface area contributed by atoms with Crippen LogP contribution in [0.5, 0.6) is 0 Å². The van der Waals surface area contributed by atoms with Gasteiger partial charge in [-0.15, -0.1) is 0 Å². The van der Waals surface area contributed by atoms with E-state index < -0.39 is 97.5 Å². The number of rotatable bonds is 75. The van der Waals surface area contributed by atoms with E-state index in [1.807, 2.05) is 36.5 Å². The number of ether oxygens (including phenoxy) is 4. The SMILES string of the molecule is CC/C=C\C/C=C\C/C=C\C/C=C\C/C=C\C/C=C\CCC(=O)OC[C@H](COP(=O)(O)OC[C@@H](O)COP(=O)(O)OC[C@@H](COC(=O)CCCCCCCCCCCCCCC)OC(=O)CCCCCCCCC/C=C\CCCCCC)OC(=O)CC/C=C\C/C=C\C/C=C\C/C=C\C/C=C\C/C=C\CC. The Morgan fingerprint density at radius 3 is 0.840 bits per heavy atom. The van der Waals surface area contributed by atoms with Crippen LogP contribution in [0.25, 0.3) is 0 Å². The lowest BCUT2D eigenvalue weighted by Gasteiger charge is -2.21. The van der Waals surface area contributed by atoms with Gasteiger partial charge in [0.1, 0.15) is 19.3 Å². The lowest BCUT2D eigenvalue weighted by molar-refractivity contribution is -0.161. The van der Waals surface area contributed by atoms with Crippen molar-refractivity contribution in [3.63, 3.8) is 0 Å². The normalized spacial score (nSPS) is 14.7. The molecule has 106 heavy (non-hydrogen) atoms. The van der Waals surface area contributed by atoms with Crippen molar-refractivity contribution in [2.24, 2.45) is 0 Å². The second kappa shape index (κ2) is 77.8. The zero-order chi connectivity index (χ0) is 77.4. The Kier molecular flexibility index (Phi) is 73.9. The zero-order valence-electron chi connectivity index (χ0n) is 66.1. The van der Waals surface area contributed by atoms with Gasteiger partial charge in [-0.1, -0.05) is 314 Å². The molecular weight excluding hydrogens is 1380 g/mol. The summed E-state index contributed by atoms with van der Waals surface area (Å²) in [5.41, 5.74) is 0. The van der Waals surface area contributed by atoms with E-state index in [2.05, 4.69) is 149 Å². The molecule has 0 aromatic heterocycles. The molecule has 0 fully saturated rings. The minimum absolute atomic E-state index is 0.0151. The van der Waals surface area contributed by atoms with E-state index in [4.69, 9.17) is 37.0 Å². The summed E-state index contributed by atoms with van der Waals surface area (Å²) in [6.45, 7) is 4.47. The van der Waals surface area contributed by atoms with Crippen molar-refractivity contribution in [2.45, 2.75) is 329 Å². The monoisotopic (exact) mass is 1520 g/mol. The second-order valence-corrected chi connectivity index (χ2v) is 29.5. The molecule has 5 atom stereocenters. The van der Waals surface area contributed by atoms with E-state index in [1.165, 1.54) is 83.5 Å². The number of phosphoric ester groups is 2. The topological polar surface area (TPSA) is 237 Å². The van der Waals surface area contributed by atoms with Crippen molar-refractivity contribution in [3.8, 4) is 0 Å². The minimum atomic E-state index is -5.02. The zero-order valence-corrected chi connectivity index (χ0v) is 67.8. The molecule has 0 aliphatic carbocycles. The average Bonchev–Trinajstić information content (AvgIpc) is 0.903. The fourth-order valence-electron chi connectivity index (χ4n) is 10.4. The first-order valence-electron chi connectivity index (χ1n) is 40.7. The van der Waals surface area contributed by atoms with Gasteiger partial charge in [-0.2, -0.15) is 0 Å². The van der Waals surface area contributed by atoms with Gasteiger partial charge in [-0.25, -0.2) is 9.13 Å². The number of aliphatic hydroxyl groups excluding tert-OH is 1. The fourth-order valence-corrected chi connectivity index (χ4v) is 12.0. The Balaban J connectivity index is 5.51. The van der Waals surface area contributed by atoms with Crippen molar-refractivity contribution in [1.29, 1.82) is 0 Å². The third-order valence-corrected chi connectivity index (χ3v) is 18.4. The summed E-state index contributed by atoms with van der Waals surface area (Å²) in [5, 5.41) is 10.6. The molecule has 19 heteroatoms. The van der Waals surface area contributed by atoms with Crippen LogP contribution in [0.4, 0.5) is 0 Å². The van der Waals surface area contributed by atoms with Crippen LogP contribution in [-0.4, -0.2) is 96.7 Å². The van der Waals surface area contributed by atoms with Crippen LogP contribution in [0.3, 0.4) is 0 Å². The molecule has 0 saturated heterocycles. The molecule has 0 rings (SSSR count). The number of phosphoric acid groups is 2. The number of unbranched alkanes of at least 4 members (excludes halogenated alkanes) is 23. The number of carbonyl (C=O) groups is 4. The van der Waals surface area contributed by atoms with E-state index in [0.29, 0.717) is 38.5 Å². The second-order valence-electron chi connectivity index (χ2n) is 26.6. The van der Waals surface area contributed by atoms with Gasteiger partial charge in [0.2, 0.25) is 0 Å². The minimum Gasteiger partial charge on any atom is -0.462 e. The molecule has 0 aromatic rings. The quantitative estimate of drug-likeness (QED) is 0.0169. The predicted octanol–water partition coefficient (Wildman–Crippen LogP) is 24.0. The van der Waals surface area contributed by atoms with Crippen LogP contribution in [-0.2, 0) is 65.4 Å². The van der Waals surface area contributed by atoms with Gasteiger partial charge in [0.25, 0.3) is 0 Å². The van der Waals surface area contributed by atoms with Gasteiger partial charge in [-0.05, 0) is 128 Å². The van der Waals surface area contributed by atoms with Crippen molar-refractivity contribution >= 4 is 39.5 Å². The summed E-state index contributed by atoms with van der Waals surface area (Å²) >= 11 is 0. The first kappa shape index (κ1) is 101. The van der Waals surface area contributed by atoms with Crippen LogP contribution >= 0.6 is 15.6 Å². The number of hydrogen-bond acceptors (Lipinski definition) is 15. The molecule has 0 spiro atoms. The Morgan fingerprint density at radius 1 is 0.274 bits per heavy atom. The standard InChI is InChI=1S/C87H144O17P2/c1-5-9-13-17-21-25-29-33-36-38-40-42-45-48-52-56-60-64-68-72-85(90)98-78-83(104-87(92)74-70-66-62-58-54-50-46-43-41-39-37-34-30-26-22-18-14-10-6-2)80-102-106(95,96)100-76-81(88)75-99-105(93,94)101-79-82(77-97-84(89)71-67-63-59-55-51-47-32-28-24-20-16-12-8-4)103-86(91)73-69-65-61-57-53-49-44-35-31-27-23-19-15-11-7-3/h9-10,13-14,21-22,25-27,31,33-34,36-37,40-43,48,50,52,54,60,62,64,66,81-83,88H,5-8,11-12,15-20,23-24,28-30,32,35,38-39,44-47,49,51,53,55-59,61,63,65,67-80H2,1-4H3,(H,93,94)(H,95,96)/b13-9-,14-10-,25-21-,26-22-,31-27-,36-33-,37-34-,42-40-,43-41-,52-48-,54-50-,64-60-,66-62-/t81-,82+,83+/m0/s1. The molecule has 0 amide bonds. The van der Waals surface area contributed by atoms with E-state index in [-0.39, 0.29) is 25.7 Å². The Morgan fingerprint density at radius 2 is 0.509 bits per heavy atom. The lowest BCUT2D eigenvalue weighted by Crippen LogP contribution is -2.30. The van der Waals surface area contributed by atoms with Gasteiger partial charge in [0.05, 0.1) is 26.4 Å². The smallest absolute Gasteiger partial charge is 0.462 e. The molecule has 3 N–H and O–H groups in total. The number of aliphatic hydroxyl groups is 1. The van der Waals surface area contributed by atoms with E-state index in [0.717, 1.165) is 135 Å². The molecule has 604 valence electrons. The molecule has 0 aromatic carbocycles. The highest BCUT2D eigenvalue weighted by atomic mass is 31.2. The highest BCUT2D eigenvalue weighted by molar-refractivity contribution is 7.47. The fraction of sp³-hybridized carbons (Fsp3) is 0.655. The summed E-state index contributed by atoms with van der Waals surface area (Å²) in [4.78, 5) is 73.0. The highest BCUT2D eigenvalue weighted by Gasteiger charge is 2.30. The van der Waals surface area contributed by atoms with Crippen LogP contribution in [0.15, 0.2) is 158 Å². The first-order chi connectivity index (χ1) is 51.7. The predicted molar refractivity (Wildman–Crippen MR) is 436 cm³/mol. The number of carbonyl (C=O) groups excluding carboxylic acids is 4. The summed E-state index contributed by atoms with van der Waals surface area (Å²) in [6, 6.07) is 0. The maximum Gasteiger partial charge on any atom is 0.472 e. The Bertz CT molecular complexity index is 2630. The van der Waals surface area contributed by atoms with Gasteiger partial charge < -0.3 is 33.8 Å². The Hall–Kier alpha value is -5.32. The number of hydrogen-bond donors (Lipinski definition) is 3. The third-order valence-electron chi connectivity index (χ3n) is 16.5. The summed E-state index contributed by atoms with van der Waals surface area (Å²) in [6.07, 6.45) is 91.1. The summed E-state index contributed by atoms with van der Waals surface area (Å²) < 4.78 is 68.5. The lowest BCUT2D eigenvalue weighted by atomic mass is 10.0. The van der Waals surface area contributed by atoms with Crippen molar-refractivity contribution < 1.29 is 80.2 Å². The van der Waals surface area contributed by atoms with Crippen molar-refractivity contribution in [1.82, 2.24) is 0 Å². The molecular formula is C87H144O17P2. The molecule has 0 aliphatic heterocycles. The van der Waals surface area contributed by atoms with E-state index >= 15 is 0 Å². The number of esters is 4. The molecule has 0 saturated carbocycles. The Labute approximate surface area is 642 Å². The van der Waals surface area contributed by atoms with Crippen molar-refractivity contribution in [2.75, 3.05) is 39.6 Å². The largest absolute Gasteiger partial charge is 0.472 e. The average molecular weight is 1520 g/mol. The maximum absolute atomic E-state index is 13.1. The summed E-state index contributed by atoms with van der Waals surface area (Å²) in [7, 11) is -10.0. The van der Waals surface area contributed by atoms with Crippen LogP contribution in [0, 0.1) is 0 Å². The molecule has 0 bridgehead atoms. The van der Waals surface area contributed by atoms with Gasteiger partial charge in [0.15, 0.2) is 12.2 Å². The van der Waals surface area contributed by atoms with E-state index in [9.17, 15) is 43.2 Å². The van der Waals surface area contributed by atoms with Gasteiger partial charge in [0, 0.05) is 25.7 Å². The molecule has 0 aliphatic rings. The number of allylic oxidation sites excluding steroid dienone is 26. The molecule has 0 radical (unpaired) electrons. The summed E-state index contributed by atoms with van der Waals surface area (Å²) in [5.74, 6) is -2.38.